The minimum absolute atomic E-state index is 0.00247. The van der Waals surface area contributed by atoms with E-state index >= 15 is 0 Å². The molecule has 0 radical (unpaired) electrons. The molecule has 6 nitrogen and oxygen atoms in total. The summed E-state index contributed by atoms with van der Waals surface area (Å²) in [6, 6.07) is 11.8. The first-order chi connectivity index (χ1) is 19.3. The van der Waals surface area contributed by atoms with Crippen molar-refractivity contribution in [3.63, 3.8) is 0 Å². The average molecular weight is 588 g/mol. The molecule has 2 aliphatic heterocycles. The number of nitrogens with zero attached hydrogens (tertiary/aromatic N) is 2. The normalized spacial score (nSPS) is 21.7. The quantitative estimate of drug-likeness (QED) is 0.312. The lowest BCUT2D eigenvalue weighted by Gasteiger charge is -2.40. The van der Waals surface area contributed by atoms with Crippen molar-refractivity contribution in [3.8, 4) is 11.1 Å². The Morgan fingerprint density at radius 3 is 2.20 bits per heavy atom. The molecule has 0 bridgehead atoms. The molecular formula is C32H40Cl2N2O4. The van der Waals surface area contributed by atoms with Crippen molar-refractivity contribution in [3.05, 3.63) is 57.6 Å². The van der Waals surface area contributed by atoms with Crippen LogP contribution in [0.5, 0.6) is 0 Å². The molecule has 1 unspecified atom stereocenters. The third kappa shape index (κ3) is 6.20. The number of carbonyl (C=O) groups excluding carboxylic acids is 2. The van der Waals surface area contributed by atoms with Crippen molar-refractivity contribution in [2.45, 2.75) is 76.5 Å². The number of halogens is 2. The molecule has 216 valence electrons. The van der Waals surface area contributed by atoms with Crippen LogP contribution in [0.4, 0.5) is 0 Å². The monoisotopic (exact) mass is 586 g/mol. The predicted molar refractivity (Wildman–Crippen MR) is 159 cm³/mol. The van der Waals surface area contributed by atoms with Gasteiger partial charge in [-0.3, -0.25) is 9.59 Å². The second-order valence-corrected chi connectivity index (χ2v) is 12.2. The average Bonchev–Trinajstić information content (AvgIpc) is 3.35. The Morgan fingerprint density at radius 1 is 0.950 bits per heavy atom. The fourth-order valence-corrected chi connectivity index (χ4v) is 7.27. The smallest absolute Gasteiger partial charge is 0.253 e. The Kier molecular flexibility index (Phi) is 9.41. The number of carbonyl (C=O) groups is 2. The molecule has 2 heterocycles. The zero-order valence-electron chi connectivity index (χ0n) is 23.6. The van der Waals surface area contributed by atoms with Crippen molar-refractivity contribution >= 4 is 35.0 Å². The minimum Gasteiger partial charge on any atom is -0.353 e. The molecule has 3 fully saturated rings. The molecule has 0 aromatic heterocycles. The zero-order valence-corrected chi connectivity index (χ0v) is 25.1. The van der Waals surface area contributed by atoms with Gasteiger partial charge in [0.15, 0.2) is 5.79 Å². The fraction of sp³-hybridized carbons (Fsp3) is 0.562. The van der Waals surface area contributed by atoms with Crippen LogP contribution in [-0.4, -0.2) is 66.8 Å². The number of hydrogen-bond acceptors (Lipinski definition) is 4. The molecule has 3 aliphatic rings. The van der Waals surface area contributed by atoms with Crippen LogP contribution in [0.25, 0.3) is 11.1 Å². The maximum Gasteiger partial charge on any atom is 0.253 e. The molecule has 2 aromatic rings. The van der Waals surface area contributed by atoms with Gasteiger partial charge in [-0.05, 0) is 73.6 Å². The number of likely N-dealkylation sites (tertiary alicyclic amines) is 2. The topological polar surface area (TPSA) is 59.1 Å². The molecular weight excluding hydrogens is 547 g/mol. The van der Waals surface area contributed by atoms with Crippen molar-refractivity contribution in [1.29, 1.82) is 0 Å². The summed E-state index contributed by atoms with van der Waals surface area (Å²) in [6.07, 6.45) is 8.68. The van der Waals surface area contributed by atoms with Gasteiger partial charge >= 0.3 is 0 Å². The SMILES string of the molecule is CCOC1(OC)CCN(C(=O)c2ccc(-c3cc(Cl)c(CC4CCN(C5CCCCC5)C4=O)c(Cl)c3)cc2)CC1. The van der Waals surface area contributed by atoms with E-state index in [1.54, 1.807) is 7.11 Å². The van der Waals surface area contributed by atoms with Crippen LogP contribution in [-0.2, 0) is 20.7 Å². The molecule has 2 aromatic carbocycles. The lowest BCUT2D eigenvalue weighted by molar-refractivity contribution is -0.239. The number of methoxy groups -OCH3 is 1. The van der Waals surface area contributed by atoms with E-state index in [9.17, 15) is 9.59 Å². The Morgan fingerprint density at radius 2 is 1.60 bits per heavy atom. The van der Waals surface area contributed by atoms with Crippen molar-refractivity contribution < 1.29 is 19.1 Å². The maximum absolute atomic E-state index is 13.2. The lowest BCUT2D eigenvalue weighted by atomic mass is 9.93. The highest BCUT2D eigenvalue weighted by Crippen LogP contribution is 2.37. The second kappa shape index (κ2) is 12.8. The van der Waals surface area contributed by atoms with E-state index in [2.05, 4.69) is 4.90 Å². The Balaban J connectivity index is 1.23. The molecule has 1 aliphatic carbocycles. The van der Waals surface area contributed by atoms with E-state index in [4.69, 9.17) is 32.7 Å². The van der Waals surface area contributed by atoms with Gasteiger partial charge in [0.05, 0.1) is 0 Å². The third-order valence-electron chi connectivity index (χ3n) is 9.01. The highest BCUT2D eigenvalue weighted by Gasteiger charge is 2.38. The van der Waals surface area contributed by atoms with E-state index in [-0.39, 0.29) is 17.7 Å². The largest absolute Gasteiger partial charge is 0.353 e. The second-order valence-electron chi connectivity index (χ2n) is 11.3. The summed E-state index contributed by atoms with van der Waals surface area (Å²) in [5.41, 5.74) is 3.30. The van der Waals surface area contributed by atoms with Gasteiger partial charge in [0.25, 0.3) is 5.91 Å². The summed E-state index contributed by atoms with van der Waals surface area (Å²) in [7, 11) is 1.66. The summed E-state index contributed by atoms with van der Waals surface area (Å²) in [6.45, 7) is 4.54. The number of benzene rings is 2. The lowest BCUT2D eigenvalue weighted by Crippen LogP contribution is -2.49. The van der Waals surface area contributed by atoms with E-state index in [1.165, 1.54) is 19.3 Å². The highest BCUT2D eigenvalue weighted by atomic mass is 35.5. The number of piperidine rings is 1. The van der Waals surface area contributed by atoms with Gasteiger partial charge in [-0.1, -0.05) is 54.6 Å². The van der Waals surface area contributed by atoms with Crippen LogP contribution >= 0.6 is 23.2 Å². The summed E-state index contributed by atoms with van der Waals surface area (Å²) >= 11 is 13.5. The van der Waals surface area contributed by atoms with E-state index < -0.39 is 5.79 Å². The van der Waals surface area contributed by atoms with Crippen LogP contribution < -0.4 is 0 Å². The number of rotatable bonds is 8. The van der Waals surface area contributed by atoms with Gasteiger partial charge in [-0.2, -0.15) is 0 Å². The maximum atomic E-state index is 13.2. The molecule has 1 atom stereocenters. The highest BCUT2D eigenvalue weighted by molar-refractivity contribution is 6.36. The van der Waals surface area contributed by atoms with Crippen LogP contribution in [0.3, 0.4) is 0 Å². The van der Waals surface area contributed by atoms with Crippen LogP contribution in [0.2, 0.25) is 10.0 Å². The van der Waals surface area contributed by atoms with Gasteiger partial charge in [0.1, 0.15) is 0 Å². The molecule has 8 heteroatoms. The third-order valence-corrected chi connectivity index (χ3v) is 9.69. The van der Waals surface area contributed by atoms with E-state index in [1.807, 2.05) is 48.2 Å². The zero-order chi connectivity index (χ0) is 28.3. The Bertz CT molecular complexity index is 1180. The number of hydrogen-bond donors (Lipinski definition) is 0. The molecule has 5 rings (SSSR count). The molecule has 0 N–H and O–H groups in total. The molecule has 40 heavy (non-hydrogen) atoms. The summed E-state index contributed by atoms with van der Waals surface area (Å²) in [5, 5.41) is 1.16. The van der Waals surface area contributed by atoms with Gasteiger partial charge in [0, 0.05) is 73.8 Å². The summed E-state index contributed by atoms with van der Waals surface area (Å²) < 4.78 is 11.4. The van der Waals surface area contributed by atoms with E-state index in [0.717, 1.165) is 42.5 Å². The predicted octanol–water partition coefficient (Wildman–Crippen LogP) is 7.00. The van der Waals surface area contributed by atoms with Crippen LogP contribution in [0.1, 0.15) is 74.2 Å². The molecule has 1 saturated carbocycles. The fourth-order valence-electron chi connectivity index (χ4n) is 6.63. The first kappa shape index (κ1) is 29.4. The Labute approximate surface area is 247 Å². The van der Waals surface area contributed by atoms with Gasteiger partial charge in [0.2, 0.25) is 5.91 Å². The van der Waals surface area contributed by atoms with Crippen molar-refractivity contribution in [2.24, 2.45) is 5.92 Å². The van der Waals surface area contributed by atoms with Crippen LogP contribution in [0, 0.1) is 5.92 Å². The summed E-state index contributed by atoms with van der Waals surface area (Å²) in [5.74, 6) is -0.407. The van der Waals surface area contributed by atoms with E-state index in [0.29, 0.717) is 60.6 Å². The van der Waals surface area contributed by atoms with Gasteiger partial charge < -0.3 is 19.3 Å². The summed E-state index contributed by atoms with van der Waals surface area (Å²) in [4.78, 5) is 30.3. The van der Waals surface area contributed by atoms with Gasteiger partial charge in [-0.25, -0.2) is 0 Å². The first-order valence-corrected chi connectivity index (χ1v) is 15.5. The molecule has 0 spiro atoms. The Hall–Kier alpha value is -2.12. The molecule has 2 saturated heterocycles. The number of amides is 2. The minimum atomic E-state index is -0.597. The standard InChI is InChI=1S/C32H40Cl2N2O4/c1-3-40-32(39-2)14-17-35(18-15-32)30(37)23-11-9-22(10-12-23)25-20-28(33)27(29(34)21-25)19-24-13-16-36(31(24)38)26-7-5-4-6-8-26/h9-12,20-21,24,26H,3-8,13-19H2,1-2H3. The van der Waals surface area contributed by atoms with Crippen molar-refractivity contribution in [2.75, 3.05) is 33.4 Å². The molecule has 2 amide bonds. The van der Waals surface area contributed by atoms with Crippen molar-refractivity contribution in [1.82, 2.24) is 9.80 Å². The number of ether oxygens (including phenoxy) is 2. The van der Waals surface area contributed by atoms with Gasteiger partial charge in [-0.15, -0.1) is 0 Å². The van der Waals surface area contributed by atoms with Crippen LogP contribution in [0.15, 0.2) is 36.4 Å². The first-order valence-electron chi connectivity index (χ1n) is 14.7.